The first kappa shape index (κ1) is 18.4. The molecule has 4 atom stereocenters. The number of rotatable bonds is 4. The zero-order valence-electron chi connectivity index (χ0n) is 16.6. The summed E-state index contributed by atoms with van der Waals surface area (Å²) in [7, 11) is 0. The highest BCUT2D eigenvalue weighted by Crippen LogP contribution is 2.66. The highest BCUT2D eigenvalue weighted by atomic mass is 16.4. The lowest BCUT2D eigenvalue weighted by Gasteiger charge is -2.62. The van der Waals surface area contributed by atoms with E-state index in [2.05, 4.69) is 4.98 Å². The van der Waals surface area contributed by atoms with Gasteiger partial charge in [0.25, 0.3) is 5.56 Å². The molecule has 2 aromatic rings. The van der Waals surface area contributed by atoms with Crippen molar-refractivity contribution in [3.63, 3.8) is 0 Å². The summed E-state index contributed by atoms with van der Waals surface area (Å²) in [5, 5.41) is 9.52. The Balaban J connectivity index is 1.63. The normalized spacial score (nSPS) is 32.4. The van der Waals surface area contributed by atoms with Crippen LogP contribution in [0, 0.1) is 24.2 Å². The Bertz CT molecular complexity index is 1080. The number of aliphatic carboxylic acids is 1. The van der Waals surface area contributed by atoms with Crippen LogP contribution in [0.5, 0.6) is 0 Å². The fourth-order valence-corrected chi connectivity index (χ4v) is 7.04. The van der Waals surface area contributed by atoms with Crippen molar-refractivity contribution < 1.29 is 9.90 Å². The van der Waals surface area contributed by atoms with Crippen LogP contribution in [0.3, 0.4) is 0 Å². The quantitative estimate of drug-likeness (QED) is 0.833. The Morgan fingerprint density at radius 3 is 2.41 bits per heavy atom. The van der Waals surface area contributed by atoms with E-state index < -0.39 is 11.7 Å². The lowest BCUT2D eigenvalue weighted by Crippen LogP contribution is -2.56. The van der Waals surface area contributed by atoms with Crippen molar-refractivity contribution in [1.82, 2.24) is 9.55 Å². The lowest BCUT2D eigenvalue weighted by molar-refractivity contribution is -0.146. The summed E-state index contributed by atoms with van der Waals surface area (Å²) in [5.74, 6) is 0.185. The topological polar surface area (TPSA) is 92.2 Å². The number of H-pyrrole nitrogens is 1. The van der Waals surface area contributed by atoms with Crippen molar-refractivity contribution in [2.75, 3.05) is 0 Å². The Kier molecular flexibility index (Phi) is 3.92. The van der Waals surface area contributed by atoms with Crippen molar-refractivity contribution in [3.8, 4) is 5.69 Å². The van der Waals surface area contributed by atoms with E-state index in [4.69, 9.17) is 0 Å². The monoisotopic (exact) mass is 394 g/mol. The number of aromatic nitrogens is 2. The van der Waals surface area contributed by atoms with Crippen LogP contribution in [0.4, 0.5) is 0 Å². The maximum absolute atomic E-state index is 12.9. The Labute approximate surface area is 168 Å². The van der Waals surface area contributed by atoms with Gasteiger partial charge in [-0.05, 0) is 74.8 Å². The van der Waals surface area contributed by atoms with Crippen molar-refractivity contribution in [3.05, 3.63) is 62.4 Å². The van der Waals surface area contributed by atoms with E-state index >= 15 is 0 Å². The minimum Gasteiger partial charge on any atom is -0.481 e. The van der Waals surface area contributed by atoms with Gasteiger partial charge in [0.1, 0.15) is 0 Å². The Morgan fingerprint density at radius 1 is 1.14 bits per heavy atom. The molecule has 1 heterocycles. The summed E-state index contributed by atoms with van der Waals surface area (Å²) >= 11 is 0. The molecule has 4 saturated carbocycles. The van der Waals surface area contributed by atoms with Gasteiger partial charge in [0.05, 0.1) is 12.1 Å². The van der Waals surface area contributed by atoms with Crippen LogP contribution in [-0.2, 0) is 10.2 Å². The van der Waals surface area contributed by atoms with Crippen LogP contribution in [0.1, 0.15) is 56.1 Å². The van der Waals surface area contributed by atoms with Gasteiger partial charge in [-0.15, -0.1) is 0 Å². The van der Waals surface area contributed by atoms with E-state index in [0.717, 1.165) is 49.8 Å². The first-order chi connectivity index (χ1) is 13.8. The maximum Gasteiger partial charge on any atom is 0.332 e. The third-order valence-electron chi connectivity index (χ3n) is 7.53. The third-order valence-corrected chi connectivity index (χ3v) is 7.53. The number of aromatic amines is 1. The molecule has 2 N–H and O–H groups in total. The fraction of sp³-hybridized carbons (Fsp3) is 0.522. The molecule has 2 unspecified atom stereocenters. The molecule has 1 aromatic carbocycles. The van der Waals surface area contributed by atoms with Crippen LogP contribution in [0.15, 0.2) is 40.1 Å². The molecule has 0 aliphatic heterocycles. The predicted molar refractivity (Wildman–Crippen MR) is 108 cm³/mol. The van der Waals surface area contributed by atoms with Crippen molar-refractivity contribution in [2.45, 2.75) is 57.3 Å². The van der Waals surface area contributed by atoms with Crippen LogP contribution in [0.25, 0.3) is 5.69 Å². The second-order valence-electron chi connectivity index (χ2n) is 9.82. The molecular weight excluding hydrogens is 368 g/mol. The fourth-order valence-electron chi connectivity index (χ4n) is 7.04. The number of carboxylic acids is 1. The van der Waals surface area contributed by atoms with Gasteiger partial charge in [0, 0.05) is 17.2 Å². The second-order valence-corrected chi connectivity index (χ2v) is 9.82. The molecule has 4 aliphatic rings. The number of hydrogen-bond donors (Lipinski definition) is 2. The largest absolute Gasteiger partial charge is 0.481 e. The summed E-state index contributed by atoms with van der Waals surface area (Å²) < 4.78 is 1.53. The lowest BCUT2D eigenvalue weighted by atomic mass is 9.42. The summed E-state index contributed by atoms with van der Waals surface area (Å²) in [6.07, 6.45) is 7.51. The van der Waals surface area contributed by atoms with Gasteiger partial charge in [0.15, 0.2) is 0 Å². The molecule has 29 heavy (non-hydrogen) atoms. The summed E-state index contributed by atoms with van der Waals surface area (Å²) in [6, 6.07) is 7.65. The highest BCUT2D eigenvalue weighted by Gasteiger charge is 2.59. The zero-order chi connectivity index (χ0) is 20.4. The van der Waals surface area contributed by atoms with E-state index in [-0.39, 0.29) is 22.8 Å². The van der Waals surface area contributed by atoms with Crippen LogP contribution < -0.4 is 11.2 Å². The molecule has 4 bridgehead atoms. The molecule has 0 spiro atoms. The van der Waals surface area contributed by atoms with Crippen LogP contribution >= 0.6 is 0 Å². The molecular formula is C23H26N2O4. The Morgan fingerprint density at radius 2 is 1.79 bits per heavy atom. The number of aryl methyl sites for hydroxylation is 1. The molecule has 6 rings (SSSR count). The molecule has 0 saturated heterocycles. The summed E-state index contributed by atoms with van der Waals surface area (Å²) in [5.41, 5.74) is 1.19. The zero-order valence-corrected chi connectivity index (χ0v) is 16.6. The Hall–Kier alpha value is -2.63. The van der Waals surface area contributed by atoms with E-state index in [0.29, 0.717) is 17.4 Å². The third kappa shape index (κ3) is 2.96. The van der Waals surface area contributed by atoms with Gasteiger partial charge in [-0.1, -0.05) is 17.7 Å². The van der Waals surface area contributed by atoms with Crippen molar-refractivity contribution >= 4 is 5.97 Å². The van der Waals surface area contributed by atoms with Gasteiger partial charge in [0.2, 0.25) is 0 Å². The molecule has 6 nitrogen and oxygen atoms in total. The first-order valence-corrected chi connectivity index (χ1v) is 10.4. The number of carboxylic acid groups (broad SMARTS) is 1. The van der Waals surface area contributed by atoms with Gasteiger partial charge in [-0.2, -0.15) is 0 Å². The average molecular weight is 394 g/mol. The van der Waals surface area contributed by atoms with E-state index in [1.165, 1.54) is 4.57 Å². The van der Waals surface area contributed by atoms with Gasteiger partial charge < -0.3 is 5.11 Å². The minimum atomic E-state index is -0.749. The molecule has 4 aliphatic carbocycles. The van der Waals surface area contributed by atoms with Crippen molar-refractivity contribution in [2.24, 2.45) is 17.3 Å². The second kappa shape index (κ2) is 6.18. The average Bonchev–Trinajstić information content (AvgIpc) is 2.60. The predicted octanol–water partition coefficient (Wildman–Crippen LogP) is 3.15. The molecule has 0 amide bonds. The SMILES string of the molecule is Cc1ccc(-n2cc(C34C[C@@H]5C[C@@H](CC(CC(=O)O)(C5)C3)C4)c(=O)[nH]c2=O)cc1. The molecule has 1 aromatic heterocycles. The van der Waals surface area contributed by atoms with Gasteiger partial charge >= 0.3 is 11.7 Å². The summed E-state index contributed by atoms with van der Waals surface area (Å²) in [4.78, 5) is 39.6. The number of nitrogens with zero attached hydrogens (tertiary/aromatic N) is 1. The molecule has 4 fully saturated rings. The smallest absolute Gasteiger partial charge is 0.332 e. The molecule has 0 radical (unpaired) electrons. The van der Waals surface area contributed by atoms with E-state index in [9.17, 15) is 19.5 Å². The van der Waals surface area contributed by atoms with Crippen LogP contribution in [0.2, 0.25) is 0 Å². The number of hydrogen-bond acceptors (Lipinski definition) is 3. The van der Waals surface area contributed by atoms with E-state index in [1.807, 2.05) is 31.2 Å². The number of nitrogens with one attached hydrogen (secondary N) is 1. The molecule has 152 valence electrons. The minimum absolute atomic E-state index is 0.178. The standard InChI is InChI=1S/C23H26N2O4/c1-14-2-4-17(5-3-14)25-12-18(20(28)24-21(25)29)23-9-15-6-16(10-23)8-22(7-15,13-23)11-19(26)27/h2-5,12,15-16H,6-11,13H2,1H3,(H,26,27)(H,24,28,29)/t15-,16+,22?,23?. The summed E-state index contributed by atoms with van der Waals surface area (Å²) in [6.45, 7) is 1.99. The number of carbonyl (C=O) groups is 1. The van der Waals surface area contributed by atoms with Crippen molar-refractivity contribution in [1.29, 1.82) is 0 Å². The van der Waals surface area contributed by atoms with E-state index in [1.54, 1.807) is 6.20 Å². The van der Waals surface area contributed by atoms with Gasteiger partial charge in [-0.3, -0.25) is 19.1 Å². The first-order valence-electron chi connectivity index (χ1n) is 10.4. The van der Waals surface area contributed by atoms with Crippen LogP contribution in [-0.4, -0.2) is 20.6 Å². The molecule has 6 heteroatoms. The van der Waals surface area contributed by atoms with Gasteiger partial charge in [-0.25, -0.2) is 4.79 Å². The maximum atomic E-state index is 12.9. The number of benzene rings is 1. The highest BCUT2D eigenvalue weighted by molar-refractivity contribution is 5.68.